The Bertz CT molecular complexity index is 590. The molecule has 5 heteroatoms. The fourth-order valence-corrected chi connectivity index (χ4v) is 2.21. The first-order valence-corrected chi connectivity index (χ1v) is 7.30. The third kappa shape index (κ3) is 4.62. The van der Waals surface area contributed by atoms with E-state index in [2.05, 4.69) is 20.9 Å². The van der Waals surface area contributed by atoms with Crippen LogP contribution in [0.2, 0.25) is 5.02 Å². The summed E-state index contributed by atoms with van der Waals surface area (Å²) >= 11 is 9.24. The topological polar surface area (TPSA) is 39.2 Å². The number of nitrogens with zero attached hydrogens (tertiary/aromatic N) is 1. The van der Waals surface area contributed by atoms with Crippen LogP contribution in [-0.2, 0) is 22.6 Å². The average Bonchev–Trinajstić information content (AvgIpc) is 2.47. The number of hydrogen-bond acceptors (Lipinski definition) is 3. The lowest BCUT2D eigenvalue weighted by molar-refractivity contribution is -0.144. The van der Waals surface area contributed by atoms with E-state index in [-0.39, 0.29) is 12.6 Å². The number of halogens is 2. The number of hydrogen-bond donors (Lipinski definition) is 0. The van der Waals surface area contributed by atoms with Crippen LogP contribution in [0.5, 0.6) is 0 Å². The Hall–Kier alpha value is -1.39. The van der Waals surface area contributed by atoms with E-state index in [1.165, 1.54) is 0 Å². The van der Waals surface area contributed by atoms with Crippen molar-refractivity contribution in [1.29, 1.82) is 0 Å². The maximum atomic E-state index is 11.7. The van der Waals surface area contributed by atoms with Gasteiger partial charge in [0.1, 0.15) is 6.61 Å². The summed E-state index contributed by atoms with van der Waals surface area (Å²) in [4.78, 5) is 15.6. The Morgan fingerprint density at radius 2 is 1.95 bits per heavy atom. The second kappa shape index (κ2) is 7.41. The number of carbonyl (C=O) groups excluding carboxylic acids is 1. The normalized spacial score (nSPS) is 10.3. The van der Waals surface area contributed by atoms with E-state index in [0.29, 0.717) is 17.9 Å². The lowest BCUT2D eigenvalue weighted by atomic mass is 10.1. The molecule has 0 aliphatic heterocycles. The van der Waals surface area contributed by atoms with Gasteiger partial charge in [0.15, 0.2) is 0 Å². The second-order valence-electron chi connectivity index (χ2n) is 4.26. The number of rotatable bonds is 5. The Labute approximate surface area is 131 Å². The summed E-state index contributed by atoms with van der Waals surface area (Å²) in [6, 6.07) is 9.24. The highest BCUT2D eigenvalue weighted by molar-refractivity contribution is 9.10. The van der Waals surface area contributed by atoms with E-state index >= 15 is 0 Å². The number of aromatic nitrogens is 1. The number of esters is 1. The summed E-state index contributed by atoms with van der Waals surface area (Å²) in [5.41, 5.74) is 1.98. The van der Waals surface area contributed by atoms with Crippen LogP contribution in [0.25, 0.3) is 0 Å². The minimum Gasteiger partial charge on any atom is -0.461 e. The summed E-state index contributed by atoms with van der Waals surface area (Å²) in [5.74, 6) is -0.215. The van der Waals surface area contributed by atoms with Gasteiger partial charge < -0.3 is 4.74 Å². The molecular weight excluding hydrogens is 342 g/mol. The Morgan fingerprint density at radius 3 is 2.65 bits per heavy atom. The molecule has 20 heavy (non-hydrogen) atoms. The Balaban J connectivity index is 1.79. The molecule has 1 heterocycles. The summed E-state index contributed by atoms with van der Waals surface area (Å²) < 4.78 is 6.02. The SMILES string of the molecule is O=C(CCc1ccncc1)OCc1ccc(Cl)c(Br)c1. The van der Waals surface area contributed by atoms with E-state index in [1.807, 2.05) is 24.3 Å². The summed E-state index contributed by atoms with van der Waals surface area (Å²) in [5, 5.41) is 0.637. The molecule has 0 N–H and O–H groups in total. The third-order valence-corrected chi connectivity index (χ3v) is 3.96. The molecule has 0 radical (unpaired) electrons. The molecule has 0 amide bonds. The van der Waals surface area contributed by atoms with Gasteiger partial charge in [-0.05, 0) is 57.7 Å². The Morgan fingerprint density at radius 1 is 1.20 bits per heavy atom. The average molecular weight is 355 g/mol. The van der Waals surface area contributed by atoms with Crippen molar-refractivity contribution in [3.63, 3.8) is 0 Å². The predicted octanol–water partition coefficient (Wildman–Crippen LogP) is 4.17. The van der Waals surface area contributed by atoms with Crippen LogP contribution >= 0.6 is 27.5 Å². The summed E-state index contributed by atoms with van der Waals surface area (Å²) in [6.07, 6.45) is 4.45. The van der Waals surface area contributed by atoms with Crippen molar-refractivity contribution in [2.24, 2.45) is 0 Å². The summed E-state index contributed by atoms with van der Waals surface area (Å²) in [6.45, 7) is 0.255. The van der Waals surface area contributed by atoms with Crippen LogP contribution in [0, 0.1) is 0 Å². The number of ether oxygens (including phenoxy) is 1. The minimum atomic E-state index is -0.215. The van der Waals surface area contributed by atoms with Crippen molar-refractivity contribution < 1.29 is 9.53 Å². The van der Waals surface area contributed by atoms with Crippen molar-refractivity contribution in [2.45, 2.75) is 19.4 Å². The number of pyridine rings is 1. The standard InChI is InChI=1S/C15H13BrClNO2/c16-13-9-12(1-3-14(13)17)10-20-15(19)4-2-11-5-7-18-8-6-11/h1,3,5-9H,2,4,10H2. The van der Waals surface area contributed by atoms with Crippen LogP contribution in [0.3, 0.4) is 0 Å². The molecule has 0 saturated carbocycles. The first-order valence-electron chi connectivity index (χ1n) is 6.13. The maximum Gasteiger partial charge on any atom is 0.306 e. The molecule has 3 nitrogen and oxygen atoms in total. The van der Waals surface area contributed by atoms with E-state index in [4.69, 9.17) is 16.3 Å². The smallest absolute Gasteiger partial charge is 0.306 e. The van der Waals surface area contributed by atoms with Crippen molar-refractivity contribution in [2.75, 3.05) is 0 Å². The quantitative estimate of drug-likeness (QED) is 0.756. The molecule has 104 valence electrons. The lowest BCUT2D eigenvalue weighted by Crippen LogP contribution is -2.06. The molecule has 0 atom stereocenters. The zero-order valence-electron chi connectivity index (χ0n) is 10.7. The predicted molar refractivity (Wildman–Crippen MR) is 81.5 cm³/mol. The zero-order valence-corrected chi connectivity index (χ0v) is 13.0. The van der Waals surface area contributed by atoms with Gasteiger partial charge in [0.2, 0.25) is 0 Å². The fourth-order valence-electron chi connectivity index (χ4n) is 1.66. The molecule has 0 aliphatic carbocycles. The minimum absolute atomic E-state index is 0.215. The van der Waals surface area contributed by atoms with E-state index in [9.17, 15) is 4.79 Å². The van der Waals surface area contributed by atoms with Crippen molar-refractivity contribution in [3.05, 3.63) is 63.3 Å². The van der Waals surface area contributed by atoms with Crippen molar-refractivity contribution in [3.8, 4) is 0 Å². The summed E-state index contributed by atoms with van der Waals surface area (Å²) in [7, 11) is 0. The highest BCUT2D eigenvalue weighted by Gasteiger charge is 2.05. The lowest BCUT2D eigenvalue weighted by Gasteiger charge is -2.06. The molecular formula is C15H13BrClNO2. The third-order valence-electron chi connectivity index (χ3n) is 2.75. The van der Waals surface area contributed by atoms with Gasteiger partial charge in [0.25, 0.3) is 0 Å². The molecule has 0 aliphatic rings. The first-order chi connectivity index (χ1) is 9.65. The van der Waals surface area contributed by atoms with Crippen LogP contribution in [0.1, 0.15) is 17.5 Å². The van der Waals surface area contributed by atoms with Crippen LogP contribution in [-0.4, -0.2) is 11.0 Å². The van der Waals surface area contributed by atoms with Gasteiger partial charge in [-0.2, -0.15) is 0 Å². The fraction of sp³-hybridized carbons (Fsp3) is 0.200. The van der Waals surface area contributed by atoms with Crippen LogP contribution in [0.15, 0.2) is 47.2 Å². The molecule has 1 aromatic heterocycles. The van der Waals surface area contributed by atoms with Crippen molar-refractivity contribution >= 4 is 33.5 Å². The highest BCUT2D eigenvalue weighted by atomic mass is 79.9. The van der Waals surface area contributed by atoms with Gasteiger partial charge in [0, 0.05) is 23.3 Å². The molecule has 2 aromatic rings. The Kier molecular flexibility index (Phi) is 5.56. The second-order valence-corrected chi connectivity index (χ2v) is 5.53. The molecule has 2 rings (SSSR count). The van der Waals surface area contributed by atoms with E-state index in [1.54, 1.807) is 18.5 Å². The van der Waals surface area contributed by atoms with Gasteiger partial charge in [-0.25, -0.2) is 0 Å². The molecule has 0 saturated heterocycles. The van der Waals surface area contributed by atoms with E-state index in [0.717, 1.165) is 15.6 Å². The molecule has 0 unspecified atom stereocenters. The molecule has 0 fully saturated rings. The zero-order chi connectivity index (χ0) is 14.4. The molecule has 1 aromatic carbocycles. The maximum absolute atomic E-state index is 11.7. The van der Waals surface area contributed by atoms with Gasteiger partial charge in [-0.15, -0.1) is 0 Å². The molecule has 0 spiro atoms. The monoisotopic (exact) mass is 353 g/mol. The van der Waals surface area contributed by atoms with E-state index < -0.39 is 0 Å². The number of benzene rings is 1. The van der Waals surface area contributed by atoms with Crippen LogP contribution in [0.4, 0.5) is 0 Å². The number of aryl methyl sites for hydroxylation is 1. The highest BCUT2D eigenvalue weighted by Crippen LogP contribution is 2.23. The van der Waals surface area contributed by atoms with Gasteiger partial charge in [-0.1, -0.05) is 17.7 Å². The molecule has 0 bridgehead atoms. The van der Waals surface area contributed by atoms with Gasteiger partial charge >= 0.3 is 5.97 Å². The first kappa shape index (κ1) is 15.0. The largest absolute Gasteiger partial charge is 0.461 e. The van der Waals surface area contributed by atoms with Crippen LogP contribution < -0.4 is 0 Å². The number of carbonyl (C=O) groups is 1. The van der Waals surface area contributed by atoms with Gasteiger partial charge in [0.05, 0.1) is 5.02 Å². The van der Waals surface area contributed by atoms with Crippen molar-refractivity contribution in [1.82, 2.24) is 4.98 Å². The van der Waals surface area contributed by atoms with Gasteiger partial charge in [-0.3, -0.25) is 9.78 Å².